The molecule has 1 unspecified atom stereocenters. The number of carbonyl (C=O) groups is 3. The lowest BCUT2D eigenvalue weighted by molar-refractivity contribution is -0.128. The van der Waals surface area contributed by atoms with Gasteiger partial charge in [-0.3, -0.25) is 14.4 Å². The number of hydrogen-bond donors (Lipinski definition) is 4. The summed E-state index contributed by atoms with van der Waals surface area (Å²) in [6.45, 7) is 5.21. The van der Waals surface area contributed by atoms with E-state index in [2.05, 4.69) is 31.2 Å². The number of carbonyl (C=O) groups excluding carboxylic acids is 3. The molecule has 0 saturated carbocycles. The van der Waals surface area contributed by atoms with Crippen LogP contribution in [-0.4, -0.2) is 66.9 Å². The molecule has 2 aromatic rings. The number of nitrogens with zero attached hydrogens (tertiary/aromatic N) is 2. The van der Waals surface area contributed by atoms with Crippen molar-refractivity contribution < 1.29 is 14.4 Å². The van der Waals surface area contributed by atoms with Crippen LogP contribution in [0.5, 0.6) is 0 Å². The van der Waals surface area contributed by atoms with Gasteiger partial charge in [0, 0.05) is 29.9 Å². The molecule has 2 saturated heterocycles. The minimum Gasteiger partial charge on any atom is -0.347 e. The molecule has 1 spiro atoms. The van der Waals surface area contributed by atoms with Gasteiger partial charge in [-0.2, -0.15) is 0 Å². The molecule has 4 heterocycles. The maximum atomic E-state index is 12.9. The maximum Gasteiger partial charge on any atom is 0.243 e. The summed E-state index contributed by atoms with van der Waals surface area (Å²) in [5.74, 6) is 1.07. The van der Waals surface area contributed by atoms with Gasteiger partial charge in [-0.15, -0.1) is 0 Å². The molecule has 0 radical (unpaired) electrons. The van der Waals surface area contributed by atoms with Gasteiger partial charge in [0.25, 0.3) is 0 Å². The van der Waals surface area contributed by atoms with Crippen LogP contribution in [0.1, 0.15) is 42.4 Å². The molecule has 1 aromatic carbocycles. The van der Waals surface area contributed by atoms with Crippen molar-refractivity contribution in [2.45, 2.75) is 43.9 Å². The lowest BCUT2D eigenvalue weighted by Gasteiger charge is -2.35. The van der Waals surface area contributed by atoms with Crippen molar-refractivity contribution in [3.05, 3.63) is 53.2 Å². The Morgan fingerprint density at radius 3 is 2.66 bits per heavy atom. The third-order valence-corrected chi connectivity index (χ3v) is 8.82. The Morgan fingerprint density at radius 2 is 1.84 bits per heavy atom. The molecular formula is C29H36N6O3. The average Bonchev–Trinajstić information content (AvgIpc) is 3.45. The average molecular weight is 517 g/mol. The third kappa shape index (κ3) is 4.92. The van der Waals surface area contributed by atoms with Gasteiger partial charge in [0.2, 0.25) is 17.7 Å². The predicted octanol–water partition coefficient (Wildman–Crippen LogP) is 1.84. The number of fused-ring (bicyclic) bond motifs is 3. The minimum atomic E-state index is -0.633. The van der Waals surface area contributed by atoms with Crippen molar-refractivity contribution >= 4 is 29.2 Å². The SMILES string of the molecule is O=C(CNC(=O)C1CCN(CC2CCNCC2)CC1)Nc1ccc2c(c1)CC1(C2)C(=O)Nc2ncccc21. The van der Waals surface area contributed by atoms with Gasteiger partial charge in [-0.1, -0.05) is 12.1 Å². The van der Waals surface area contributed by atoms with Crippen LogP contribution in [0.25, 0.3) is 0 Å². The van der Waals surface area contributed by atoms with Crippen LogP contribution in [-0.2, 0) is 32.6 Å². The van der Waals surface area contributed by atoms with Crippen LogP contribution >= 0.6 is 0 Å². The highest BCUT2D eigenvalue weighted by Gasteiger charge is 2.51. The Morgan fingerprint density at radius 1 is 1.05 bits per heavy atom. The van der Waals surface area contributed by atoms with E-state index in [9.17, 15) is 14.4 Å². The van der Waals surface area contributed by atoms with Gasteiger partial charge < -0.3 is 26.2 Å². The zero-order chi connectivity index (χ0) is 26.1. The highest BCUT2D eigenvalue weighted by atomic mass is 16.2. The van der Waals surface area contributed by atoms with Gasteiger partial charge in [0.1, 0.15) is 5.82 Å². The molecule has 2 fully saturated rings. The molecule has 4 N–H and O–H groups in total. The van der Waals surface area contributed by atoms with Gasteiger partial charge in [-0.25, -0.2) is 4.98 Å². The van der Waals surface area contributed by atoms with E-state index in [1.54, 1.807) is 6.20 Å². The van der Waals surface area contributed by atoms with Crippen molar-refractivity contribution in [3.63, 3.8) is 0 Å². The fraction of sp³-hybridized carbons (Fsp3) is 0.517. The summed E-state index contributed by atoms with van der Waals surface area (Å²) in [5, 5.41) is 12.1. The van der Waals surface area contributed by atoms with Crippen molar-refractivity contribution in [2.75, 3.05) is 49.9 Å². The summed E-state index contributed by atoms with van der Waals surface area (Å²) < 4.78 is 0. The van der Waals surface area contributed by atoms with Crippen LogP contribution in [0.15, 0.2) is 36.5 Å². The Hall–Kier alpha value is -3.30. The fourth-order valence-corrected chi connectivity index (χ4v) is 6.67. The summed E-state index contributed by atoms with van der Waals surface area (Å²) in [6, 6.07) is 9.63. The molecule has 9 heteroatoms. The number of hydrogen-bond acceptors (Lipinski definition) is 6. The van der Waals surface area contributed by atoms with Crippen molar-refractivity contribution in [1.82, 2.24) is 20.5 Å². The van der Waals surface area contributed by atoms with Gasteiger partial charge in [0.15, 0.2) is 0 Å². The zero-order valence-corrected chi connectivity index (χ0v) is 21.7. The molecule has 0 bridgehead atoms. The number of rotatable bonds is 6. The molecule has 3 aliphatic heterocycles. The lowest BCUT2D eigenvalue weighted by atomic mass is 9.79. The van der Waals surface area contributed by atoms with E-state index in [-0.39, 0.29) is 30.2 Å². The van der Waals surface area contributed by atoms with E-state index in [1.807, 2.05) is 30.3 Å². The van der Waals surface area contributed by atoms with Gasteiger partial charge >= 0.3 is 0 Å². The van der Waals surface area contributed by atoms with E-state index in [0.29, 0.717) is 24.3 Å². The largest absolute Gasteiger partial charge is 0.347 e. The molecule has 200 valence electrons. The number of amides is 3. The van der Waals surface area contributed by atoms with Crippen LogP contribution in [0, 0.1) is 11.8 Å². The van der Waals surface area contributed by atoms with Crippen LogP contribution < -0.4 is 21.3 Å². The fourth-order valence-electron chi connectivity index (χ4n) is 6.67. The first-order valence-electron chi connectivity index (χ1n) is 13.9. The summed E-state index contributed by atoms with van der Waals surface area (Å²) in [5.41, 5.74) is 3.14. The number of aromatic nitrogens is 1. The number of nitrogens with one attached hydrogen (secondary N) is 4. The van der Waals surface area contributed by atoms with Crippen LogP contribution in [0.3, 0.4) is 0 Å². The van der Waals surface area contributed by atoms with Crippen molar-refractivity contribution in [2.24, 2.45) is 11.8 Å². The van der Waals surface area contributed by atoms with Gasteiger partial charge in [0.05, 0.1) is 12.0 Å². The molecule has 9 nitrogen and oxygen atoms in total. The minimum absolute atomic E-state index is 0.0205. The normalized spacial score (nSPS) is 23.6. The highest BCUT2D eigenvalue weighted by molar-refractivity contribution is 6.06. The van der Waals surface area contributed by atoms with E-state index < -0.39 is 5.41 Å². The van der Waals surface area contributed by atoms with Crippen LogP contribution in [0.4, 0.5) is 11.5 Å². The van der Waals surface area contributed by atoms with E-state index in [0.717, 1.165) is 68.2 Å². The van der Waals surface area contributed by atoms with E-state index in [4.69, 9.17) is 0 Å². The first-order chi connectivity index (χ1) is 18.5. The molecule has 4 aliphatic rings. The smallest absolute Gasteiger partial charge is 0.243 e. The summed E-state index contributed by atoms with van der Waals surface area (Å²) in [6.07, 6.45) is 7.04. The van der Waals surface area contributed by atoms with E-state index >= 15 is 0 Å². The Bertz CT molecular complexity index is 1230. The molecule has 6 rings (SSSR count). The number of piperidine rings is 2. The second-order valence-electron chi connectivity index (χ2n) is 11.3. The number of likely N-dealkylation sites (tertiary alicyclic amines) is 1. The molecular weight excluding hydrogens is 480 g/mol. The molecule has 1 aromatic heterocycles. The van der Waals surface area contributed by atoms with E-state index in [1.165, 1.54) is 12.8 Å². The first-order valence-corrected chi connectivity index (χ1v) is 13.9. The quantitative estimate of drug-likeness (QED) is 0.466. The summed E-state index contributed by atoms with van der Waals surface area (Å²) >= 11 is 0. The van der Waals surface area contributed by atoms with Crippen molar-refractivity contribution in [1.29, 1.82) is 0 Å². The first kappa shape index (κ1) is 25.0. The topological polar surface area (TPSA) is 115 Å². The third-order valence-electron chi connectivity index (χ3n) is 8.82. The Kier molecular flexibility index (Phi) is 6.88. The summed E-state index contributed by atoms with van der Waals surface area (Å²) in [4.78, 5) is 45.1. The molecule has 1 aliphatic carbocycles. The lowest BCUT2D eigenvalue weighted by Crippen LogP contribution is -2.44. The van der Waals surface area contributed by atoms with Crippen molar-refractivity contribution in [3.8, 4) is 0 Å². The monoisotopic (exact) mass is 516 g/mol. The second kappa shape index (κ2) is 10.5. The molecule has 3 amide bonds. The second-order valence-corrected chi connectivity index (χ2v) is 11.3. The predicted molar refractivity (Wildman–Crippen MR) is 145 cm³/mol. The molecule has 1 atom stereocenters. The Balaban J connectivity index is 0.982. The Labute approximate surface area is 223 Å². The standard InChI is InChI=1S/C29H36N6O3/c36-25(17-32-27(37)20-7-12-35(13-8-20)18-19-5-10-30-11-6-19)33-23-4-3-21-15-29(16-22(21)14-23)24-2-1-9-31-26(24)34-28(29)38/h1-4,9,14,19-20,30H,5-8,10-13,15-18H2,(H,32,37)(H,33,36)(H,31,34,38). The zero-order valence-electron chi connectivity index (χ0n) is 21.7. The number of benzene rings is 1. The summed E-state index contributed by atoms with van der Waals surface area (Å²) in [7, 11) is 0. The van der Waals surface area contributed by atoms with Gasteiger partial charge in [-0.05, 0) is 99.9 Å². The maximum absolute atomic E-state index is 12.9. The highest BCUT2D eigenvalue weighted by Crippen LogP contribution is 2.46. The van der Waals surface area contributed by atoms with Crippen LogP contribution in [0.2, 0.25) is 0 Å². The molecule has 38 heavy (non-hydrogen) atoms. The number of pyridine rings is 1. The number of anilines is 2.